The molecule has 0 spiro atoms. The molecule has 0 aromatic carbocycles. The highest BCUT2D eigenvalue weighted by Gasteiger charge is 2.24. The molecule has 22 heavy (non-hydrogen) atoms. The minimum atomic E-state index is 0.152. The van der Waals surface area contributed by atoms with E-state index in [0.717, 1.165) is 52.2 Å². The van der Waals surface area contributed by atoms with Crippen molar-refractivity contribution in [2.45, 2.75) is 32.2 Å². The third-order valence-electron chi connectivity index (χ3n) is 4.75. The molecule has 1 N–H and O–H groups in total. The molecule has 1 aromatic heterocycles. The lowest BCUT2D eigenvalue weighted by atomic mass is 9.96. The Hall–Kier alpha value is -1.33. The summed E-state index contributed by atoms with van der Waals surface area (Å²) in [5.41, 5.74) is 1.23. The van der Waals surface area contributed by atoms with Gasteiger partial charge in [-0.15, -0.1) is 0 Å². The Kier molecular flexibility index (Phi) is 5.51. The normalized spacial score (nSPS) is 24.3. The summed E-state index contributed by atoms with van der Waals surface area (Å²) < 4.78 is 10.4. The van der Waals surface area contributed by atoms with E-state index >= 15 is 0 Å². The van der Waals surface area contributed by atoms with E-state index in [1.165, 1.54) is 18.4 Å². The summed E-state index contributed by atoms with van der Waals surface area (Å²) in [5, 5.41) is 3.16. The molecule has 3 heterocycles. The topological polar surface area (TPSA) is 54.7 Å². The fourth-order valence-corrected chi connectivity index (χ4v) is 3.45. The van der Waals surface area contributed by atoms with Crippen molar-refractivity contribution in [1.82, 2.24) is 10.2 Å². The largest absolute Gasteiger partial charge is 0.472 e. The summed E-state index contributed by atoms with van der Waals surface area (Å²) >= 11 is 0. The molecular formula is C17H26N2O3. The summed E-state index contributed by atoms with van der Waals surface area (Å²) in [6.45, 7) is 5.38. The van der Waals surface area contributed by atoms with Crippen molar-refractivity contribution in [2.24, 2.45) is 11.8 Å². The molecule has 0 bridgehead atoms. The number of piperidine rings is 1. The lowest BCUT2D eigenvalue weighted by Gasteiger charge is -2.33. The van der Waals surface area contributed by atoms with Crippen LogP contribution in [-0.4, -0.2) is 43.7 Å². The van der Waals surface area contributed by atoms with Crippen LogP contribution in [0.3, 0.4) is 0 Å². The maximum absolute atomic E-state index is 12.2. The zero-order chi connectivity index (χ0) is 15.2. The molecule has 0 saturated carbocycles. The number of carbonyl (C=O) groups is 1. The Bertz CT molecular complexity index is 454. The first kappa shape index (κ1) is 15.6. The number of hydrogen-bond acceptors (Lipinski definition) is 4. The van der Waals surface area contributed by atoms with Crippen LogP contribution in [0.4, 0.5) is 0 Å². The average Bonchev–Trinajstić information content (AvgIpc) is 3.07. The monoisotopic (exact) mass is 306 g/mol. The molecule has 122 valence electrons. The molecule has 3 rings (SSSR count). The van der Waals surface area contributed by atoms with Gasteiger partial charge in [0.2, 0.25) is 5.91 Å². The van der Waals surface area contributed by atoms with Gasteiger partial charge in [0.05, 0.1) is 12.5 Å². The Morgan fingerprint density at radius 1 is 1.32 bits per heavy atom. The molecule has 1 unspecified atom stereocenters. The van der Waals surface area contributed by atoms with E-state index in [2.05, 4.69) is 10.2 Å². The molecule has 0 radical (unpaired) electrons. The molecule has 5 nitrogen and oxygen atoms in total. The van der Waals surface area contributed by atoms with Crippen molar-refractivity contribution in [3.63, 3.8) is 0 Å². The van der Waals surface area contributed by atoms with E-state index in [-0.39, 0.29) is 11.8 Å². The number of furan rings is 1. The van der Waals surface area contributed by atoms with Crippen LogP contribution in [0.25, 0.3) is 0 Å². The predicted molar refractivity (Wildman–Crippen MR) is 83.3 cm³/mol. The Labute approximate surface area is 132 Å². The molecule has 2 aliphatic rings. The lowest BCUT2D eigenvalue weighted by molar-refractivity contribution is -0.128. The lowest BCUT2D eigenvalue weighted by Crippen LogP contribution is -2.42. The summed E-state index contributed by atoms with van der Waals surface area (Å²) in [5.74, 6) is 0.930. The Morgan fingerprint density at radius 3 is 2.95 bits per heavy atom. The van der Waals surface area contributed by atoms with E-state index < -0.39 is 0 Å². The first-order valence-corrected chi connectivity index (χ1v) is 8.40. The van der Waals surface area contributed by atoms with Gasteiger partial charge in [-0.2, -0.15) is 0 Å². The summed E-state index contributed by atoms with van der Waals surface area (Å²) in [4.78, 5) is 14.6. The summed E-state index contributed by atoms with van der Waals surface area (Å²) in [6, 6.07) is 2.02. The first-order chi connectivity index (χ1) is 10.8. The highest BCUT2D eigenvalue weighted by Crippen LogP contribution is 2.19. The number of amides is 1. The Morgan fingerprint density at radius 2 is 2.18 bits per heavy atom. The number of carbonyl (C=O) groups excluding carboxylic acids is 1. The maximum atomic E-state index is 12.2. The van der Waals surface area contributed by atoms with Gasteiger partial charge >= 0.3 is 0 Å². The zero-order valence-electron chi connectivity index (χ0n) is 13.1. The van der Waals surface area contributed by atoms with Crippen LogP contribution >= 0.6 is 0 Å². The minimum absolute atomic E-state index is 0.152. The SMILES string of the molecule is O=C(NCC1CCCN(Cc2ccoc2)C1)C1CCOCC1. The third kappa shape index (κ3) is 4.34. The van der Waals surface area contributed by atoms with Gasteiger partial charge in [0.1, 0.15) is 0 Å². The fourth-order valence-electron chi connectivity index (χ4n) is 3.45. The fraction of sp³-hybridized carbons (Fsp3) is 0.706. The third-order valence-corrected chi connectivity index (χ3v) is 4.75. The molecule has 1 atom stereocenters. The van der Waals surface area contributed by atoms with E-state index in [4.69, 9.17) is 9.15 Å². The van der Waals surface area contributed by atoms with Crippen LogP contribution in [-0.2, 0) is 16.1 Å². The van der Waals surface area contributed by atoms with Gasteiger partial charge in [0, 0.05) is 44.3 Å². The van der Waals surface area contributed by atoms with Crippen molar-refractivity contribution >= 4 is 5.91 Å². The number of likely N-dealkylation sites (tertiary alicyclic amines) is 1. The molecule has 1 amide bonds. The van der Waals surface area contributed by atoms with Crippen molar-refractivity contribution in [2.75, 3.05) is 32.8 Å². The van der Waals surface area contributed by atoms with E-state index in [9.17, 15) is 4.79 Å². The second-order valence-electron chi connectivity index (χ2n) is 6.51. The van der Waals surface area contributed by atoms with Crippen LogP contribution < -0.4 is 5.32 Å². The first-order valence-electron chi connectivity index (χ1n) is 8.40. The van der Waals surface area contributed by atoms with Gasteiger partial charge < -0.3 is 14.5 Å². The van der Waals surface area contributed by atoms with Crippen LogP contribution in [0.5, 0.6) is 0 Å². The Balaban J connectivity index is 1.41. The second kappa shape index (κ2) is 7.79. The molecule has 2 fully saturated rings. The number of nitrogens with zero attached hydrogens (tertiary/aromatic N) is 1. The molecule has 0 aliphatic carbocycles. The van der Waals surface area contributed by atoms with E-state index in [0.29, 0.717) is 5.92 Å². The average molecular weight is 306 g/mol. The van der Waals surface area contributed by atoms with E-state index in [1.54, 1.807) is 6.26 Å². The van der Waals surface area contributed by atoms with E-state index in [1.807, 2.05) is 12.3 Å². The number of nitrogens with one attached hydrogen (secondary N) is 1. The van der Waals surface area contributed by atoms with Gasteiger partial charge in [-0.25, -0.2) is 0 Å². The smallest absolute Gasteiger partial charge is 0.223 e. The van der Waals surface area contributed by atoms with Crippen LogP contribution in [0, 0.1) is 11.8 Å². The molecule has 2 saturated heterocycles. The van der Waals surface area contributed by atoms with Crippen LogP contribution in [0.1, 0.15) is 31.2 Å². The molecule has 2 aliphatic heterocycles. The minimum Gasteiger partial charge on any atom is -0.472 e. The second-order valence-corrected chi connectivity index (χ2v) is 6.51. The quantitative estimate of drug-likeness (QED) is 0.904. The van der Waals surface area contributed by atoms with Crippen LogP contribution in [0.2, 0.25) is 0 Å². The molecule has 1 aromatic rings. The highest BCUT2D eigenvalue weighted by atomic mass is 16.5. The highest BCUT2D eigenvalue weighted by molar-refractivity contribution is 5.78. The predicted octanol–water partition coefficient (Wildman–Crippen LogP) is 2.03. The van der Waals surface area contributed by atoms with Gasteiger partial charge in [-0.1, -0.05) is 0 Å². The number of ether oxygens (including phenoxy) is 1. The molecule has 5 heteroatoms. The number of hydrogen-bond donors (Lipinski definition) is 1. The standard InChI is InChI=1S/C17H26N2O3/c20-17(16-4-8-21-9-5-16)18-10-14-2-1-6-19(11-14)12-15-3-7-22-13-15/h3,7,13-14,16H,1-2,4-6,8-12H2,(H,18,20). The van der Waals surface area contributed by atoms with Gasteiger partial charge in [0.25, 0.3) is 0 Å². The summed E-state index contributed by atoms with van der Waals surface area (Å²) in [6.07, 6.45) is 7.68. The van der Waals surface area contributed by atoms with Gasteiger partial charge in [0.15, 0.2) is 0 Å². The number of rotatable bonds is 5. The van der Waals surface area contributed by atoms with Gasteiger partial charge in [-0.05, 0) is 44.2 Å². The molecular weight excluding hydrogens is 280 g/mol. The van der Waals surface area contributed by atoms with Gasteiger partial charge in [-0.3, -0.25) is 9.69 Å². The van der Waals surface area contributed by atoms with Crippen LogP contribution in [0.15, 0.2) is 23.0 Å². The zero-order valence-corrected chi connectivity index (χ0v) is 13.1. The van der Waals surface area contributed by atoms with Crippen molar-refractivity contribution in [1.29, 1.82) is 0 Å². The van der Waals surface area contributed by atoms with Crippen molar-refractivity contribution < 1.29 is 13.9 Å². The van der Waals surface area contributed by atoms with Crippen molar-refractivity contribution in [3.05, 3.63) is 24.2 Å². The maximum Gasteiger partial charge on any atom is 0.223 e. The van der Waals surface area contributed by atoms with Crippen molar-refractivity contribution in [3.8, 4) is 0 Å². The summed E-state index contributed by atoms with van der Waals surface area (Å²) in [7, 11) is 0.